The van der Waals surface area contributed by atoms with Gasteiger partial charge in [0.05, 0.1) is 17.8 Å². The van der Waals surface area contributed by atoms with Crippen molar-refractivity contribution in [2.24, 2.45) is 5.92 Å². The lowest BCUT2D eigenvalue weighted by Gasteiger charge is -2.33. The van der Waals surface area contributed by atoms with Crippen LogP contribution >= 0.6 is 0 Å². The lowest BCUT2D eigenvalue weighted by molar-refractivity contribution is 0.206. The van der Waals surface area contributed by atoms with Gasteiger partial charge in [-0.05, 0) is 35.8 Å². The molecule has 96 valence electrons. The number of nitrogens with zero attached hydrogens (tertiary/aromatic N) is 2. The maximum Gasteiger partial charge on any atom is 0.0688 e. The highest BCUT2D eigenvalue weighted by atomic mass is 15.3. The summed E-state index contributed by atoms with van der Waals surface area (Å²) in [5.74, 6) is 0.861. The quantitative estimate of drug-likeness (QED) is 0.729. The van der Waals surface area contributed by atoms with Gasteiger partial charge in [0.2, 0.25) is 0 Å². The van der Waals surface area contributed by atoms with Crippen molar-refractivity contribution in [1.29, 1.82) is 0 Å². The van der Waals surface area contributed by atoms with Gasteiger partial charge >= 0.3 is 0 Å². The molecule has 0 amide bonds. The molecule has 0 N–H and O–H groups in total. The van der Waals surface area contributed by atoms with Crippen molar-refractivity contribution in [3.63, 3.8) is 0 Å². The van der Waals surface area contributed by atoms with Crippen LogP contribution in [0.25, 0.3) is 10.9 Å². The van der Waals surface area contributed by atoms with Crippen LogP contribution in [0.4, 0.5) is 0 Å². The van der Waals surface area contributed by atoms with Gasteiger partial charge in [0, 0.05) is 5.39 Å². The van der Waals surface area contributed by atoms with E-state index in [1.165, 1.54) is 29.3 Å². The Morgan fingerprint density at radius 1 is 1.22 bits per heavy atom. The summed E-state index contributed by atoms with van der Waals surface area (Å²) < 4.78 is 2.24. The highest BCUT2D eigenvalue weighted by Gasteiger charge is 2.28. The second kappa shape index (κ2) is 3.84. The molecule has 1 aromatic carbocycles. The smallest absolute Gasteiger partial charge is 0.0688 e. The molecule has 1 aromatic heterocycles. The zero-order valence-electron chi connectivity index (χ0n) is 11.8. The third-order valence-corrected chi connectivity index (χ3v) is 4.16. The van der Waals surface area contributed by atoms with E-state index in [0.717, 1.165) is 5.92 Å². The molecule has 1 fully saturated rings. The van der Waals surface area contributed by atoms with E-state index in [1.54, 1.807) is 0 Å². The van der Waals surface area contributed by atoms with Crippen molar-refractivity contribution in [1.82, 2.24) is 9.78 Å². The van der Waals surface area contributed by atoms with Crippen LogP contribution in [0.5, 0.6) is 0 Å². The number of fused-ring (bicyclic) bond motifs is 1. The van der Waals surface area contributed by atoms with E-state index >= 15 is 0 Å². The van der Waals surface area contributed by atoms with Crippen molar-refractivity contribution in [3.05, 3.63) is 30.0 Å². The molecular formula is C16H22N2. The second-order valence-corrected chi connectivity index (χ2v) is 6.84. The van der Waals surface area contributed by atoms with Crippen molar-refractivity contribution in [2.45, 2.75) is 52.0 Å². The number of aromatic nitrogens is 2. The van der Waals surface area contributed by atoms with Crippen LogP contribution in [0, 0.1) is 5.92 Å². The Hall–Kier alpha value is -1.31. The lowest BCUT2D eigenvalue weighted by atomic mass is 9.82. The summed E-state index contributed by atoms with van der Waals surface area (Å²) in [6.45, 7) is 9.11. The Morgan fingerprint density at radius 3 is 2.56 bits per heavy atom. The molecule has 0 spiro atoms. The SMILES string of the molecule is CC1CC(n2ncc3ccc(C(C)(C)C)cc32)C1. The van der Waals surface area contributed by atoms with Crippen molar-refractivity contribution in [2.75, 3.05) is 0 Å². The summed E-state index contributed by atoms with van der Waals surface area (Å²) in [7, 11) is 0. The molecule has 1 heterocycles. The topological polar surface area (TPSA) is 17.8 Å². The molecule has 18 heavy (non-hydrogen) atoms. The minimum Gasteiger partial charge on any atom is -0.262 e. The standard InChI is InChI=1S/C16H22N2/c1-11-7-14(8-11)18-15-9-13(16(2,3)4)6-5-12(15)10-17-18/h5-6,9-11,14H,7-8H2,1-4H3. The van der Waals surface area contributed by atoms with E-state index in [9.17, 15) is 0 Å². The van der Waals surface area contributed by atoms with Crippen LogP contribution in [0.3, 0.4) is 0 Å². The van der Waals surface area contributed by atoms with Gasteiger partial charge in [0.15, 0.2) is 0 Å². The zero-order chi connectivity index (χ0) is 12.9. The van der Waals surface area contributed by atoms with Crippen molar-refractivity contribution in [3.8, 4) is 0 Å². The molecule has 2 nitrogen and oxygen atoms in total. The van der Waals surface area contributed by atoms with Gasteiger partial charge in [-0.15, -0.1) is 0 Å². The van der Waals surface area contributed by atoms with Crippen molar-refractivity contribution >= 4 is 10.9 Å². The predicted octanol–water partition coefficient (Wildman–Crippen LogP) is 4.30. The average Bonchev–Trinajstić information content (AvgIpc) is 2.66. The molecule has 2 aromatic rings. The zero-order valence-corrected chi connectivity index (χ0v) is 11.8. The monoisotopic (exact) mass is 242 g/mol. The molecule has 0 saturated heterocycles. The first-order valence-corrected chi connectivity index (χ1v) is 6.93. The molecule has 1 aliphatic carbocycles. The minimum absolute atomic E-state index is 0.205. The molecular weight excluding hydrogens is 220 g/mol. The van der Waals surface area contributed by atoms with Gasteiger partial charge in [-0.25, -0.2) is 0 Å². The Balaban J connectivity index is 2.05. The molecule has 0 radical (unpaired) electrons. The minimum atomic E-state index is 0.205. The molecule has 0 aliphatic heterocycles. The molecule has 3 rings (SSSR count). The first kappa shape index (κ1) is 11.8. The Kier molecular flexibility index (Phi) is 2.51. The van der Waals surface area contributed by atoms with E-state index < -0.39 is 0 Å². The largest absolute Gasteiger partial charge is 0.262 e. The van der Waals surface area contributed by atoms with Crippen LogP contribution in [0.2, 0.25) is 0 Å². The highest BCUT2D eigenvalue weighted by Crippen LogP contribution is 2.39. The van der Waals surface area contributed by atoms with Crippen LogP contribution in [-0.4, -0.2) is 9.78 Å². The summed E-state index contributed by atoms with van der Waals surface area (Å²) in [6.07, 6.45) is 4.55. The maximum atomic E-state index is 4.59. The van der Waals surface area contributed by atoms with Gasteiger partial charge in [0.1, 0.15) is 0 Å². The fourth-order valence-corrected chi connectivity index (χ4v) is 2.85. The first-order valence-electron chi connectivity index (χ1n) is 6.93. The van der Waals surface area contributed by atoms with Gasteiger partial charge in [0.25, 0.3) is 0 Å². The third kappa shape index (κ3) is 1.84. The van der Waals surface area contributed by atoms with Crippen molar-refractivity contribution < 1.29 is 0 Å². The third-order valence-electron chi connectivity index (χ3n) is 4.16. The van der Waals surface area contributed by atoms with Gasteiger partial charge in [-0.1, -0.05) is 39.8 Å². The van der Waals surface area contributed by atoms with E-state index in [-0.39, 0.29) is 5.41 Å². The molecule has 1 aliphatic rings. The summed E-state index contributed by atoms with van der Waals surface area (Å²) >= 11 is 0. The summed E-state index contributed by atoms with van der Waals surface area (Å²) in [5.41, 5.74) is 2.90. The average molecular weight is 242 g/mol. The predicted molar refractivity (Wildman–Crippen MR) is 75.9 cm³/mol. The highest BCUT2D eigenvalue weighted by molar-refractivity contribution is 5.79. The normalized spacial score (nSPS) is 24.2. The summed E-state index contributed by atoms with van der Waals surface area (Å²) in [5, 5.41) is 5.86. The van der Waals surface area contributed by atoms with Gasteiger partial charge in [-0.2, -0.15) is 5.10 Å². The van der Waals surface area contributed by atoms with Crippen LogP contribution in [-0.2, 0) is 5.41 Å². The Labute approximate surface area is 109 Å². The molecule has 1 saturated carbocycles. The second-order valence-electron chi connectivity index (χ2n) is 6.84. The number of benzene rings is 1. The van der Waals surface area contributed by atoms with Crippen LogP contribution in [0.1, 0.15) is 52.1 Å². The van der Waals surface area contributed by atoms with E-state index in [0.29, 0.717) is 6.04 Å². The Morgan fingerprint density at radius 2 is 1.94 bits per heavy atom. The Bertz CT molecular complexity index is 568. The van der Waals surface area contributed by atoms with E-state index in [1.807, 2.05) is 6.20 Å². The number of hydrogen-bond acceptors (Lipinski definition) is 1. The van der Waals surface area contributed by atoms with Gasteiger partial charge in [-0.3, -0.25) is 4.68 Å². The first-order chi connectivity index (χ1) is 8.45. The molecule has 0 unspecified atom stereocenters. The number of hydrogen-bond donors (Lipinski definition) is 0. The summed E-state index contributed by atoms with van der Waals surface area (Å²) in [4.78, 5) is 0. The molecule has 0 atom stereocenters. The summed E-state index contributed by atoms with van der Waals surface area (Å²) in [6, 6.07) is 7.39. The lowest BCUT2D eigenvalue weighted by Crippen LogP contribution is -2.25. The van der Waals surface area contributed by atoms with Gasteiger partial charge < -0.3 is 0 Å². The van der Waals surface area contributed by atoms with E-state index in [4.69, 9.17) is 0 Å². The fraction of sp³-hybridized carbons (Fsp3) is 0.562. The van der Waals surface area contributed by atoms with Crippen LogP contribution < -0.4 is 0 Å². The van der Waals surface area contributed by atoms with E-state index in [2.05, 4.69) is 55.7 Å². The fourth-order valence-electron chi connectivity index (χ4n) is 2.85. The molecule has 0 bridgehead atoms. The van der Waals surface area contributed by atoms with Crippen LogP contribution in [0.15, 0.2) is 24.4 Å². The molecule has 2 heteroatoms. The number of rotatable bonds is 1. The maximum absolute atomic E-state index is 4.59.